The van der Waals surface area contributed by atoms with Crippen LogP contribution in [0.5, 0.6) is 0 Å². The standard InChI is InChI=1S/C5H11BrO3/c1-2-3-4-5-9-6(7)8/h2-5H2,1H3. The molecule has 0 aromatic heterocycles. The highest BCUT2D eigenvalue weighted by Crippen LogP contribution is 1.94. The second-order valence-electron chi connectivity index (χ2n) is 1.71. The van der Waals surface area contributed by atoms with E-state index in [1.54, 1.807) is 0 Å². The first-order chi connectivity index (χ1) is 4.27. The van der Waals surface area contributed by atoms with Crippen molar-refractivity contribution in [3.05, 3.63) is 0 Å². The van der Waals surface area contributed by atoms with Crippen LogP contribution in [0.15, 0.2) is 0 Å². The Morgan fingerprint density at radius 2 is 2.00 bits per heavy atom. The van der Waals surface area contributed by atoms with E-state index in [-0.39, 0.29) is 0 Å². The lowest BCUT2D eigenvalue weighted by atomic mass is 10.3. The van der Waals surface area contributed by atoms with Gasteiger partial charge in [0.2, 0.25) is 0 Å². The molecule has 0 heterocycles. The van der Waals surface area contributed by atoms with Crippen LogP contribution in [0, 0.1) is 14.8 Å². The fourth-order valence-corrected chi connectivity index (χ4v) is 0.963. The van der Waals surface area contributed by atoms with Gasteiger partial charge in [-0.3, -0.25) is 0 Å². The van der Waals surface area contributed by atoms with Crippen molar-refractivity contribution in [1.29, 1.82) is 0 Å². The van der Waals surface area contributed by atoms with Gasteiger partial charge in [0.1, 0.15) is 6.61 Å². The third-order valence-electron chi connectivity index (χ3n) is 0.914. The first-order valence-electron chi connectivity index (χ1n) is 2.96. The van der Waals surface area contributed by atoms with E-state index >= 15 is 0 Å². The van der Waals surface area contributed by atoms with Crippen LogP contribution in [0.2, 0.25) is 0 Å². The topological polar surface area (TPSA) is 55.3 Å². The Balaban J connectivity index is 2.75. The van der Waals surface area contributed by atoms with Crippen LogP contribution in [-0.2, 0) is 3.83 Å². The number of hydrogen-bond donors (Lipinski definition) is 0. The normalized spacial score (nSPS) is 10.7. The molecule has 0 aliphatic rings. The molecule has 0 rings (SSSR count). The van der Waals surface area contributed by atoms with E-state index in [0.717, 1.165) is 19.3 Å². The Hall–Kier alpha value is 0.360. The molecule has 3 nitrogen and oxygen atoms in total. The van der Waals surface area contributed by atoms with Gasteiger partial charge in [-0.25, -0.2) is 0 Å². The molecule has 0 unspecified atom stereocenters. The van der Waals surface area contributed by atoms with Gasteiger partial charge in [-0.1, -0.05) is 19.8 Å². The van der Waals surface area contributed by atoms with Gasteiger partial charge in [0.15, 0.2) is 0 Å². The average Bonchev–Trinajstić information content (AvgIpc) is 1.80. The van der Waals surface area contributed by atoms with Crippen molar-refractivity contribution in [3.8, 4) is 0 Å². The van der Waals surface area contributed by atoms with Crippen LogP contribution in [0.1, 0.15) is 26.2 Å². The van der Waals surface area contributed by atoms with E-state index in [1.807, 2.05) is 0 Å². The minimum atomic E-state index is -2.93. The monoisotopic (exact) mass is 198 g/mol. The quantitative estimate of drug-likeness (QED) is 0.549. The van der Waals surface area contributed by atoms with E-state index < -0.39 is 14.8 Å². The summed E-state index contributed by atoms with van der Waals surface area (Å²) < 4.78 is 24.0. The third-order valence-corrected chi connectivity index (χ3v) is 1.61. The minimum absolute atomic E-state index is 0.357. The smallest absolute Gasteiger partial charge is 0.372 e. The van der Waals surface area contributed by atoms with Crippen LogP contribution in [-0.4, -0.2) is 6.61 Å². The number of rotatable bonds is 5. The predicted octanol–water partition coefficient (Wildman–Crippen LogP) is -0.721. The fourth-order valence-electron chi connectivity index (χ4n) is 0.470. The van der Waals surface area contributed by atoms with Crippen LogP contribution in [0.25, 0.3) is 0 Å². The highest BCUT2D eigenvalue weighted by atomic mass is 80.0. The van der Waals surface area contributed by atoms with E-state index in [0.29, 0.717) is 6.61 Å². The van der Waals surface area contributed by atoms with Gasteiger partial charge in [0.05, 0.1) is 0 Å². The SMILES string of the molecule is CCCCCO[Br+2]([O-])[O-]. The molecule has 4 heteroatoms. The molecule has 0 saturated carbocycles. The van der Waals surface area contributed by atoms with E-state index in [1.165, 1.54) is 0 Å². The second-order valence-corrected chi connectivity index (χ2v) is 2.96. The molecule has 0 amide bonds. The van der Waals surface area contributed by atoms with E-state index in [4.69, 9.17) is 0 Å². The Morgan fingerprint density at radius 1 is 1.33 bits per heavy atom. The lowest BCUT2D eigenvalue weighted by Crippen LogP contribution is -2.34. The summed E-state index contributed by atoms with van der Waals surface area (Å²) in [7, 11) is 0. The largest absolute Gasteiger partial charge is 0.436 e. The van der Waals surface area contributed by atoms with Gasteiger partial charge < -0.3 is 8.40 Å². The van der Waals surface area contributed by atoms with Crippen molar-refractivity contribution in [2.45, 2.75) is 26.2 Å². The number of halogens is 1. The molecule has 0 aliphatic heterocycles. The zero-order valence-corrected chi connectivity index (χ0v) is 7.02. The highest BCUT2D eigenvalue weighted by molar-refractivity contribution is 4.31. The van der Waals surface area contributed by atoms with Crippen LogP contribution >= 0.6 is 0 Å². The van der Waals surface area contributed by atoms with Gasteiger partial charge in [0, 0.05) is 0 Å². The molecular weight excluding hydrogens is 188 g/mol. The summed E-state index contributed by atoms with van der Waals surface area (Å²) in [6.45, 7) is 2.41. The van der Waals surface area contributed by atoms with Crippen LogP contribution in [0.3, 0.4) is 0 Å². The maximum atomic E-state index is 9.82. The highest BCUT2D eigenvalue weighted by Gasteiger charge is 2.06. The van der Waals surface area contributed by atoms with E-state index in [9.17, 15) is 8.40 Å². The van der Waals surface area contributed by atoms with Crippen molar-refractivity contribution >= 4 is 0 Å². The van der Waals surface area contributed by atoms with Gasteiger partial charge in [-0.2, -0.15) is 0 Å². The molecule has 0 fully saturated rings. The van der Waals surface area contributed by atoms with Crippen molar-refractivity contribution in [2.24, 2.45) is 0 Å². The lowest BCUT2D eigenvalue weighted by molar-refractivity contribution is -1.63. The summed E-state index contributed by atoms with van der Waals surface area (Å²) in [6.07, 6.45) is 2.97. The van der Waals surface area contributed by atoms with Gasteiger partial charge in [0.25, 0.3) is 0 Å². The number of hydrogen-bond acceptors (Lipinski definition) is 3. The van der Waals surface area contributed by atoms with Crippen molar-refractivity contribution in [2.75, 3.05) is 6.61 Å². The third kappa shape index (κ3) is 8.36. The molecule has 0 N–H and O–H groups in total. The molecule has 0 atom stereocenters. The summed E-state index contributed by atoms with van der Waals surface area (Å²) >= 11 is -2.93. The van der Waals surface area contributed by atoms with Crippen molar-refractivity contribution in [3.63, 3.8) is 0 Å². The zero-order chi connectivity index (χ0) is 7.11. The Labute approximate surface area is 60.5 Å². The fraction of sp³-hybridized carbons (Fsp3) is 1.00. The Kier molecular flexibility index (Phi) is 6.74. The predicted molar refractivity (Wildman–Crippen MR) is 25.5 cm³/mol. The molecule has 0 bridgehead atoms. The number of unbranched alkanes of at least 4 members (excludes halogenated alkanes) is 2. The van der Waals surface area contributed by atoms with Crippen molar-refractivity contribution in [1.82, 2.24) is 0 Å². The molecule has 0 spiro atoms. The zero-order valence-electron chi connectivity index (χ0n) is 5.43. The summed E-state index contributed by atoms with van der Waals surface area (Å²) in [5.74, 6) is 0. The molecule has 0 aromatic rings. The maximum absolute atomic E-state index is 9.82. The molecular formula is C5H11BrO3. The molecule has 0 aliphatic carbocycles. The molecule has 56 valence electrons. The summed E-state index contributed by atoms with van der Waals surface area (Å²) in [6, 6.07) is 0. The molecule has 0 radical (unpaired) electrons. The second kappa shape index (κ2) is 6.48. The molecule has 0 aromatic carbocycles. The summed E-state index contributed by atoms with van der Waals surface area (Å²) in [5.41, 5.74) is 0. The maximum Gasteiger partial charge on any atom is 0.436 e. The van der Waals surface area contributed by atoms with Gasteiger partial charge >= 0.3 is 14.8 Å². The van der Waals surface area contributed by atoms with E-state index in [2.05, 4.69) is 10.8 Å². The van der Waals surface area contributed by atoms with Crippen LogP contribution < -0.4 is 8.40 Å². The van der Waals surface area contributed by atoms with Gasteiger partial charge in [-0.05, 0) is 10.2 Å². The summed E-state index contributed by atoms with van der Waals surface area (Å²) in [5, 5.41) is 0. The average molecular weight is 199 g/mol. The first-order valence-corrected chi connectivity index (χ1v) is 4.90. The molecule has 0 saturated heterocycles. The van der Waals surface area contributed by atoms with Crippen molar-refractivity contribution < 1.29 is 27.0 Å². The first kappa shape index (κ1) is 9.36. The summed E-state index contributed by atoms with van der Waals surface area (Å²) in [4.78, 5) is 0. The van der Waals surface area contributed by atoms with Crippen LogP contribution in [0.4, 0.5) is 0 Å². The lowest BCUT2D eigenvalue weighted by Gasteiger charge is -1.91. The Morgan fingerprint density at radius 3 is 2.44 bits per heavy atom. The Bertz CT molecular complexity index is 58.2. The molecule has 9 heavy (non-hydrogen) atoms. The minimum Gasteiger partial charge on any atom is -0.372 e. The van der Waals surface area contributed by atoms with Gasteiger partial charge in [-0.15, -0.1) is 0 Å².